The Morgan fingerprint density at radius 3 is 2.84 bits per heavy atom. The van der Waals surface area contributed by atoms with Gasteiger partial charge < -0.3 is 10.6 Å². The number of nitrogens with two attached hydrogens (primary N) is 1. The molecule has 0 amide bonds. The molecular weight excluding hydrogens is 262 g/mol. The fourth-order valence-corrected chi connectivity index (χ4v) is 3.59. The van der Waals surface area contributed by atoms with E-state index in [2.05, 4.69) is 15.4 Å². The van der Waals surface area contributed by atoms with Crippen molar-refractivity contribution in [2.75, 3.05) is 18.0 Å². The summed E-state index contributed by atoms with van der Waals surface area (Å²) in [5.74, 6) is 0.0697. The van der Waals surface area contributed by atoms with Crippen LogP contribution in [0.25, 0.3) is 0 Å². The molecule has 0 bridgehead atoms. The molecule has 0 aliphatic carbocycles. The van der Waals surface area contributed by atoms with Crippen molar-refractivity contribution < 1.29 is 8.42 Å². The Morgan fingerprint density at radius 1 is 1.32 bits per heavy atom. The molecule has 100 valence electrons. The number of benzene rings is 1. The molecule has 3 rings (SSSR count). The third kappa shape index (κ3) is 2.23. The highest BCUT2D eigenvalue weighted by Gasteiger charge is 2.27. The molecule has 0 saturated heterocycles. The lowest BCUT2D eigenvalue weighted by Gasteiger charge is -2.31. The Hall–Kier alpha value is -1.82. The maximum Gasteiger partial charge on any atom is 0.282 e. The second-order valence-electron chi connectivity index (χ2n) is 4.76. The zero-order valence-corrected chi connectivity index (χ0v) is 11.2. The van der Waals surface area contributed by atoms with E-state index in [4.69, 9.17) is 5.73 Å². The maximum absolute atomic E-state index is 11.8. The topological polar surface area (TPSA) is 75.8 Å². The number of hydrogen-bond acceptors (Lipinski definition) is 4. The van der Waals surface area contributed by atoms with Crippen LogP contribution in [0.15, 0.2) is 39.6 Å². The average molecular weight is 277 g/mol. The van der Waals surface area contributed by atoms with Crippen LogP contribution in [0.3, 0.4) is 0 Å². The molecule has 6 heteroatoms. The highest BCUT2D eigenvalue weighted by atomic mass is 32.2. The number of nitrogens with zero attached hydrogens (tertiary/aromatic N) is 2. The van der Waals surface area contributed by atoms with Gasteiger partial charge in [-0.25, -0.2) is 0 Å². The third-order valence-electron chi connectivity index (χ3n) is 3.42. The second kappa shape index (κ2) is 4.38. The van der Waals surface area contributed by atoms with Gasteiger partial charge in [0.05, 0.1) is 11.4 Å². The van der Waals surface area contributed by atoms with Crippen molar-refractivity contribution in [3.05, 3.63) is 40.8 Å². The molecule has 0 atom stereocenters. The largest absolute Gasteiger partial charge is 0.383 e. The minimum absolute atomic E-state index is 0.0697. The lowest BCUT2D eigenvalue weighted by Crippen LogP contribution is -2.32. The van der Waals surface area contributed by atoms with E-state index < -0.39 is 10.0 Å². The number of para-hydroxylation sites is 1. The first-order valence-electron chi connectivity index (χ1n) is 6.20. The summed E-state index contributed by atoms with van der Waals surface area (Å²) in [6.45, 7) is 1.19. The average Bonchev–Trinajstić information content (AvgIpc) is 2.62. The molecule has 0 aromatic heterocycles. The van der Waals surface area contributed by atoms with Gasteiger partial charge >= 0.3 is 0 Å². The fourth-order valence-electron chi connectivity index (χ4n) is 2.55. The van der Waals surface area contributed by atoms with Crippen molar-refractivity contribution >= 4 is 21.5 Å². The Balaban J connectivity index is 1.89. The van der Waals surface area contributed by atoms with Gasteiger partial charge in [0.15, 0.2) is 0 Å². The molecule has 1 aromatic rings. The minimum atomic E-state index is -3.56. The van der Waals surface area contributed by atoms with Gasteiger partial charge in [-0.3, -0.25) is 0 Å². The molecule has 0 unspecified atom stereocenters. The van der Waals surface area contributed by atoms with Crippen LogP contribution in [0, 0.1) is 0 Å². The number of anilines is 1. The Bertz CT molecular complexity index is 677. The first kappa shape index (κ1) is 12.2. The summed E-state index contributed by atoms with van der Waals surface area (Å²) in [6, 6.07) is 8.10. The summed E-state index contributed by atoms with van der Waals surface area (Å²) < 4.78 is 27.1. The van der Waals surface area contributed by atoms with Crippen LogP contribution in [0.4, 0.5) is 5.69 Å². The van der Waals surface area contributed by atoms with Crippen LogP contribution in [0.5, 0.6) is 0 Å². The van der Waals surface area contributed by atoms with Gasteiger partial charge in [0.25, 0.3) is 10.0 Å². The molecule has 0 fully saturated rings. The van der Waals surface area contributed by atoms with E-state index in [1.165, 1.54) is 11.6 Å². The summed E-state index contributed by atoms with van der Waals surface area (Å²) in [7, 11) is -3.56. The molecule has 5 nitrogen and oxygen atoms in total. The first-order valence-corrected chi connectivity index (χ1v) is 7.64. The SMILES string of the molecule is NC1=NS(=O)(=O)C(CN2CCCc3ccccc32)=C1. The summed E-state index contributed by atoms with van der Waals surface area (Å²) in [6.07, 6.45) is 3.52. The van der Waals surface area contributed by atoms with E-state index in [0.29, 0.717) is 6.54 Å². The Kier molecular flexibility index (Phi) is 2.82. The predicted molar refractivity (Wildman–Crippen MR) is 75.6 cm³/mol. The Labute approximate surface area is 112 Å². The van der Waals surface area contributed by atoms with Gasteiger partial charge in [-0.15, -0.1) is 4.40 Å². The van der Waals surface area contributed by atoms with Crippen LogP contribution < -0.4 is 10.6 Å². The van der Waals surface area contributed by atoms with Crippen molar-refractivity contribution in [2.24, 2.45) is 10.1 Å². The van der Waals surface area contributed by atoms with Gasteiger partial charge in [-0.2, -0.15) is 8.42 Å². The quantitative estimate of drug-likeness (QED) is 0.876. The van der Waals surface area contributed by atoms with E-state index in [0.717, 1.165) is 25.1 Å². The zero-order valence-electron chi connectivity index (χ0n) is 10.4. The number of amidine groups is 1. The van der Waals surface area contributed by atoms with Crippen LogP contribution in [-0.4, -0.2) is 27.3 Å². The van der Waals surface area contributed by atoms with Gasteiger partial charge in [0.2, 0.25) is 0 Å². The van der Waals surface area contributed by atoms with Crippen molar-refractivity contribution in [1.82, 2.24) is 0 Å². The molecule has 0 radical (unpaired) electrons. The van der Waals surface area contributed by atoms with E-state index >= 15 is 0 Å². The molecule has 2 aliphatic heterocycles. The van der Waals surface area contributed by atoms with Gasteiger partial charge in [-0.1, -0.05) is 18.2 Å². The van der Waals surface area contributed by atoms with Gasteiger partial charge in [-0.05, 0) is 30.5 Å². The van der Waals surface area contributed by atoms with Crippen LogP contribution >= 0.6 is 0 Å². The number of rotatable bonds is 2. The number of fused-ring (bicyclic) bond motifs is 1. The van der Waals surface area contributed by atoms with Gasteiger partial charge in [0, 0.05) is 12.2 Å². The number of hydrogen-bond donors (Lipinski definition) is 1. The number of sulfonamides is 1. The molecule has 0 spiro atoms. The molecule has 2 N–H and O–H groups in total. The van der Waals surface area contributed by atoms with Crippen molar-refractivity contribution in [1.29, 1.82) is 0 Å². The maximum atomic E-state index is 11.8. The summed E-state index contributed by atoms with van der Waals surface area (Å²) >= 11 is 0. The smallest absolute Gasteiger partial charge is 0.282 e. The summed E-state index contributed by atoms with van der Waals surface area (Å²) in [5, 5.41) is 0. The molecule has 2 heterocycles. The van der Waals surface area contributed by atoms with E-state index in [1.54, 1.807) is 0 Å². The van der Waals surface area contributed by atoms with Crippen molar-refractivity contribution in [3.8, 4) is 0 Å². The van der Waals surface area contributed by atoms with Crippen LogP contribution in [-0.2, 0) is 16.4 Å². The minimum Gasteiger partial charge on any atom is -0.383 e. The highest BCUT2D eigenvalue weighted by molar-refractivity contribution is 7.94. The molecule has 0 saturated carbocycles. The zero-order chi connectivity index (χ0) is 13.5. The lowest BCUT2D eigenvalue weighted by molar-refractivity contribution is 0.602. The van der Waals surface area contributed by atoms with Gasteiger partial charge in [0.1, 0.15) is 5.84 Å². The molecule has 1 aromatic carbocycles. The third-order valence-corrected chi connectivity index (χ3v) is 4.78. The molecular formula is C13H15N3O2S. The normalized spacial score (nSPS) is 20.7. The van der Waals surface area contributed by atoms with Crippen molar-refractivity contribution in [3.63, 3.8) is 0 Å². The number of aryl methyl sites for hydroxylation is 1. The second-order valence-corrected chi connectivity index (χ2v) is 6.41. The van der Waals surface area contributed by atoms with E-state index in [-0.39, 0.29) is 10.7 Å². The van der Waals surface area contributed by atoms with E-state index in [1.807, 2.05) is 18.2 Å². The monoisotopic (exact) mass is 277 g/mol. The summed E-state index contributed by atoms with van der Waals surface area (Å²) in [5.41, 5.74) is 7.85. The fraction of sp³-hybridized carbons (Fsp3) is 0.308. The van der Waals surface area contributed by atoms with Crippen LogP contribution in [0.1, 0.15) is 12.0 Å². The molecule has 2 aliphatic rings. The van der Waals surface area contributed by atoms with Crippen molar-refractivity contribution in [2.45, 2.75) is 12.8 Å². The summed E-state index contributed by atoms with van der Waals surface area (Å²) in [4.78, 5) is 2.36. The highest BCUT2D eigenvalue weighted by Crippen LogP contribution is 2.28. The first-order chi connectivity index (χ1) is 9.06. The Morgan fingerprint density at radius 2 is 2.11 bits per heavy atom. The van der Waals surface area contributed by atoms with Crippen LogP contribution in [0.2, 0.25) is 0 Å². The standard InChI is InChI=1S/C13H15N3O2S/c14-13-8-11(19(17,18)15-13)9-16-7-3-5-10-4-1-2-6-12(10)16/h1-2,4,6,8H,3,5,7,9H2,(H2,14,15). The lowest BCUT2D eigenvalue weighted by atomic mass is 10.0. The van der Waals surface area contributed by atoms with E-state index in [9.17, 15) is 8.42 Å². The predicted octanol–water partition coefficient (Wildman–Crippen LogP) is 1.02. The molecule has 19 heavy (non-hydrogen) atoms.